The van der Waals surface area contributed by atoms with Crippen molar-refractivity contribution in [1.29, 1.82) is 0 Å². The van der Waals surface area contributed by atoms with E-state index >= 15 is 0 Å². The summed E-state index contributed by atoms with van der Waals surface area (Å²) in [6.45, 7) is 6.72. The van der Waals surface area contributed by atoms with Gasteiger partial charge in [0.25, 0.3) is 0 Å². The summed E-state index contributed by atoms with van der Waals surface area (Å²) in [7, 11) is -1.30. The number of rotatable bonds is 0. The SMILES string of the molecule is C[Si](C)(C)C#Cc1cnc2ccccn12. The van der Waals surface area contributed by atoms with Crippen LogP contribution in [0, 0.1) is 11.5 Å². The molecule has 0 aliphatic rings. The first-order valence-electron chi connectivity index (χ1n) is 5.01. The molecular weight excluding hydrogens is 200 g/mol. The molecule has 0 bridgehead atoms. The molecule has 2 aromatic rings. The van der Waals surface area contributed by atoms with Gasteiger partial charge in [-0.3, -0.25) is 4.40 Å². The van der Waals surface area contributed by atoms with Crippen molar-refractivity contribution in [1.82, 2.24) is 9.38 Å². The lowest BCUT2D eigenvalue weighted by Gasteiger charge is -2.03. The highest BCUT2D eigenvalue weighted by molar-refractivity contribution is 6.83. The van der Waals surface area contributed by atoms with Crippen LogP contribution in [0.25, 0.3) is 5.65 Å². The number of pyridine rings is 1. The molecule has 0 saturated heterocycles. The van der Waals surface area contributed by atoms with Gasteiger partial charge in [0, 0.05) is 6.20 Å². The Morgan fingerprint density at radius 2 is 2.07 bits per heavy atom. The summed E-state index contributed by atoms with van der Waals surface area (Å²) in [5, 5.41) is 0. The monoisotopic (exact) mass is 214 g/mol. The highest BCUT2D eigenvalue weighted by Crippen LogP contribution is 2.05. The maximum absolute atomic E-state index is 4.30. The number of hydrogen-bond acceptors (Lipinski definition) is 1. The van der Waals surface area contributed by atoms with Gasteiger partial charge in [0.05, 0.1) is 6.20 Å². The second-order valence-corrected chi connectivity index (χ2v) is 9.32. The van der Waals surface area contributed by atoms with E-state index in [0.717, 1.165) is 11.3 Å². The van der Waals surface area contributed by atoms with Gasteiger partial charge < -0.3 is 0 Å². The van der Waals surface area contributed by atoms with Crippen LogP contribution in [0.3, 0.4) is 0 Å². The number of fused-ring (bicyclic) bond motifs is 1. The average Bonchev–Trinajstić information content (AvgIpc) is 2.57. The minimum absolute atomic E-state index is 0.956. The Bertz CT molecular complexity index is 538. The predicted molar refractivity (Wildman–Crippen MR) is 65.4 cm³/mol. The van der Waals surface area contributed by atoms with Crippen molar-refractivity contribution in [2.75, 3.05) is 0 Å². The minimum atomic E-state index is -1.30. The van der Waals surface area contributed by atoms with Crippen LogP contribution in [0.15, 0.2) is 30.6 Å². The Morgan fingerprint density at radius 3 is 2.80 bits per heavy atom. The summed E-state index contributed by atoms with van der Waals surface area (Å²) in [6, 6.07) is 5.96. The largest absolute Gasteiger partial charge is 0.293 e. The quantitative estimate of drug-likeness (QED) is 0.486. The van der Waals surface area contributed by atoms with E-state index < -0.39 is 8.07 Å². The standard InChI is InChI=1S/C12H14N2Si/c1-15(2,3)9-7-11-10-13-12-6-4-5-8-14(11)12/h4-6,8,10H,1-3H3. The Hall–Kier alpha value is -1.53. The number of hydrogen-bond donors (Lipinski definition) is 0. The number of nitrogens with zero attached hydrogens (tertiary/aromatic N) is 2. The number of imidazole rings is 1. The van der Waals surface area contributed by atoms with E-state index in [2.05, 4.69) is 36.1 Å². The van der Waals surface area contributed by atoms with Gasteiger partial charge in [0.2, 0.25) is 0 Å². The summed E-state index contributed by atoms with van der Waals surface area (Å²) < 4.78 is 2.02. The van der Waals surface area contributed by atoms with Gasteiger partial charge in [-0.25, -0.2) is 4.98 Å². The molecule has 2 nitrogen and oxygen atoms in total. The molecule has 3 heteroatoms. The van der Waals surface area contributed by atoms with E-state index in [9.17, 15) is 0 Å². The Labute approximate surface area is 91.0 Å². The molecule has 0 spiro atoms. The van der Waals surface area contributed by atoms with Crippen molar-refractivity contribution in [3.05, 3.63) is 36.3 Å². The zero-order chi connectivity index (χ0) is 10.9. The molecule has 76 valence electrons. The van der Waals surface area contributed by atoms with Crippen LogP contribution in [-0.4, -0.2) is 17.5 Å². The molecule has 0 saturated carbocycles. The normalized spacial score (nSPS) is 11.1. The van der Waals surface area contributed by atoms with Crippen molar-refractivity contribution >= 4 is 13.7 Å². The van der Waals surface area contributed by atoms with Crippen LogP contribution in [0.1, 0.15) is 5.69 Å². The Morgan fingerprint density at radius 1 is 1.27 bits per heavy atom. The van der Waals surface area contributed by atoms with Gasteiger partial charge in [-0.05, 0) is 12.1 Å². The second kappa shape index (κ2) is 3.56. The molecule has 0 radical (unpaired) electrons. The fourth-order valence-corrected chi connectivity index (χ4v) is 1.78. The lowest BCUT2D eigenvalue weighted by atomic mass is 10.4. The fourth-order valence-electron chi connectivity index (χ4n) is 1.28. The maximum Gasteiger partial charge on any atom is 0.137 e. The van der Waals surface area contributed by atoms with Crippen LogP contribution in [0.2, 0.25) is 19.6 Å². The Balaban J connectivity index is 2.48. The lowest BCUT2D eigenvalue weighted by molar-refractivity contribution is 1.16. The van der Waals surface area contributed by atoms with Crippen LogP contribution < -0.4 is 0 Å². The number of aromatic nitrogens is 2. The predicted octanol–water partition coefficient (Wildman–Crippen LogP) is 2.56. The summed E-state index contributed by atoms with van der Waals surface area (Å²) >= 11 is 0. The van der Waals surface area contributed by atoms with Gasteiger partial charge in [-0.15, -0.1) is 5.54 Å². The van der Waals surface area contributed by atoms with Gasteiger partial charge in [-0.1, -0.05) is 31.6 Å². The first-order chi connectivity index (χ1) is 7.06. The van der Waals surface area contributed by atoms with Crippen LogP contribution in [0.5, 0.6) is 0 Å². The molecule has 15 heavy (non-hydrogen) atoms. The van der Waals surface area contributed by atoms with Crippen LogP contribution >= 0.6 is 0 Å². The van der Waals surface area contributed by atoms with Crippen molar-refractivity contribution in [3.8, 4) is 11.5 Å². The summed E-state index contributed by atoms with van der Waals surface area (Å²) in [4.78, 5) is 4.30. The zero-order valence-corrected chi connectivity index (χ0v) is 10.3. The molecule has 0 unspecified atom stereocenters. The van der Waals surface area contributed by atoms with Crippen LogP contribution in [-0.2, 0) is 0 Å². The highest BCUT2D eigenvalue weighted by atomic mass is 28.3. The molecule has 0 aromatic carbocycles. The summed E-state index contributed by atoms with van der Waals surface area (Å²) in [6.07, 6.45) is 3.83. The van der Waals surface area contributed by atoms with Gasteiger partial charge >= 0.3 is 0 Å². The zero-order valence-electron chi connectivity index (χ0n) is 9.28. The molecule has 2 rings (SSSR count). The average molecular weight is 214 g/mol. The van der Waals surface area contributed by atoms with E-state index in [0.29, 0.717) is 0 Å². The molecule has 0 fully saturated rings. The first-order valence-corrected chi connectivity index (χ1v) is 8.51. The van der Waals surface area contributed by atoms with E-state index in [-0.39, 0.29) is 0 Å². The lowest BCUT2D eigenvalue weighted by Crippen LogP contribution is -2.16. The van der Waals surface area contributed by atoms with E-state index in [1.165, 1.54) is 0 Å². The van der Waals surface area contributed by atoms with E-state index in [1.807, 2.05) is 35.0 Å². The molecule has 0 atom stereocenters. The summed E-state index contributed by atoms with van der Waals surface area (Å²) in [5.41, 5.74) is 5.28. The molecular formula is C12H14N2Si. The molecule has 0 amide bonds. The third kappa shape index (κ3) is 2.28. The molecule has 0 aliphatic heterocycles. The molecule has 2 heterocycles. The van der Waals surface area contributed by atoms with E-state index in [1.54, 1.807) is 0 Å². The van der Waals surface area contributed by atoms with Gasteiger partial charge in [-0.2, -0.15) is 0 Å². The molecule has 0 N–H and O–H groups in total. The third-order valence-corrected chi connectivity index (χ3v) is 2.86. The molecule has 2 aromatic heterocycles. The van der Waals surface area contributed by atoms with Crippen molar-refractivity contribution in [3.63, 3.8) is 0 Å². The Kier molecular flexibility index (Phi) is 2.37. The fraction of sp³-hybridized carbons (Fsp3) is 0.250. The van der Waals surface area contributed by atoms with Crippen molar-refractivity contribution in [2.45, 2.75) is 19.6 Å². The highest BCUT2D eigenvalue weighted by Gasteiger charge is 2.08. The first kappa shape index (κ1) is 10.0. The smallest absolute Gasteiger partial charge is 0.137 e. The van der Waals surface area contributed by atoms with Gasteiger partial charge in [0.15, 0.2) is 0 Å². The molecule has 0 aliphatic carbocycles. The maximum atomic E-state index is 4.30. The van der Waals surface area contributed by atoms with Crippen molar-refractivity contribution in [2.24, 2.45) is 0 Å². The van der Waals surface area contributed by atoms with E-state index in [4.69, 9.17) is 0 Å². The van der Waals surface area contributed by atoms with Crippen molar-refractivity contribution < 1.29 is 0 Å². The van der Waals surface area contributed by atoms with Crippen LogP contribution in [0.4, 0.5) is 0 Å². The third-order valence-electron chi connectivity index (χ3n) is 1.98. The topological polar surface area (TPSA) is 17.3 Å². The minimum Gasteiger partial charge on any atom is -0.293 e. The summed E-state index contributed by atoms with van der Waals surface area (Å²) in [5.74, 6) is 3.22. The second-order valence-electron chi connectivity index (χ2n) is 4.57. The van der Waals surface area contributed by atoms with Gasteiger partial charge in [0.1, 0.15) is 19.4 Å².